The molecule has 0 spiro atoms. The van der Waals surface area contributed by atoms with Crippen molar-refractivity contribution in [1.82, 2.24) is 0 Å². The highest BCUT2D eigenvalue weighted by Crippen LogP contribution is 2.29. The Labute approximate surface area is 102 Å². The summed E-state index contributed by atoms with van der Waals surface area (Å²) in [7, 11) is 0. The van der Waals surface area contributed by atoms with Gasteiger partial charge in [0.2, 0.25) is 0 Å². The Morgan fingerprint density at radius 2 is 1.53 bits per heavy atom. The predicted octanol–water partition coefficient (Wildman–Crippen LogP) is 4.09. The second-order valence-electron chi connectivity index (χ2n) is 4.37. The smallest absolute Gasteiger partial charge is 0.150 e. The average molecular weight is 224 g/mol. The third-order valence-corrected chi connectivity index (χ3v) is 3.47. The van der Waals surface area contributed by atoms with Crippen molar-refractivity contribution in [3.63, 3.8) is 0 Å². The van der Waals surface area contributed by atoms with E-state index in [0.29, 0.717) is 0 Å². The monoisotopic (exact) mass is 224 g/mol. The van der Waals surface area contributed by atoms with Crippen molar-refractivity contribution in [1.29, 1.82) is 0 Å². The van der Waals surface area contributed by atoms with E-state index in [1.807, 2.05) is 31.2 Å². The summed E-state index contributed by atoms with van der Waals surface area (Å²) in [5.74, 6) is 0. The third-order valence-electron chi connectivity index (χ3n) is 3.47. The van der Waals surface area contributed by atoms with Crippen LogP contribution in [-0.4, -0.2) is 6.29 Å². The van der Waals surface area contributed by atoms with E-state index in [-0.39, 0.29) is 0 Å². The molecule has 0 N–H and O–H groups in total. The fraction of sp³-hybridized carbons (Fsp3) is 0.188. The van der Waals surface area contributed by atoms with Crippen LogP contribution in [0.15, 0.2) is 36.4 Å². The zero-order valence-corrected chi connectivity index (χ0v) is 10.4. The molecule has 0 fully saturated rings. The topological polar surface area (TPSA) is 17.1 Å². The number of aldehydes is 1. The minimum Gasteiger partial charge on any atom is -0.298 e. The summed E-state index contributed by atoms with van der Waals surface area (Å²) in [6, 6.07) is 12.2. The summed E-state index contributed by atoms with van der Waals surface area (Å²) in [6.45, 7) is 6.18. The number of hydrogen-bond acceptors (Lipinski definition) is 1. The van der Waals surface area contributed by atoms with Crippen LogP contribution in [0.3, 0.4) is 0 Å². The first-order chi connectivity index (χ1) is 8.15. The van der Waals surface area contributed by atoms with E-state index in [1.54, 1.807) is 0 Å². The number of benzene rings is 2. The summed E-state index contributed by atoms with van der Waals surface area (Å²) in [5.41, 5.74) is 6.63. The molecule has 0 bridgehead atoms. The van der Waals surface area contributed by atoms with Crippen molar-refractivity contribution < 1.29 is 4.79 Å². The molecule has 17 heavy (non-hydrogen) atoms. The molecule has 2 aromatic carbocycles. The zero-order chi connectivity index (χ0) is 12.4. The molecule has 1 nitrogen and oxygen atoms in total. The maximum absolute atomic E-state index is 11.1. The lowest BCUT2D eigenvalue weighted by Crippen LogP contribution is -1.96. The molecule has 0 saturated heterocycles. The van der Waals surface area contributed by atoms with Crippen molar-refractivity contribution in [2.45, 2.75) is 20.8 Å². The van der Waals surface area contributed by atoms with Gasteiger partial charge in [-0.1, -0.05) is 30.3 Å². The molecule has 0 aliphatic carbocycles. The minimum atomic E-state index is 0.784. The van der Waals surface area contributed by atoms with Gasteiger partial charge < -0.3 is 0 Å². The molecule has 0 amide bonds. The van der Waals surface area contributed by atoms with Gasteiger partial charge in [0.05, 0.1) is 0 Å². The largest absolute Gasteiger partial charge is 0.298 e. The fourth-order valence-electron chi connectivity index (χ4n) is 2.11. The average Bonchev–Trinajstić information content (AvgIpc) is 2.37. The Morgan fingerprint density at radius 1 is 0.882 bits per heavy atom. The molecule has 0 aliphatic heterocycles. The van der Waals surface area contributed by atoms with Gasteiger partial charge in [-0.3, -0.25) is 4.79 Å². The van der Waals surface area contributed by atoms with Crippen LogP contribution < -0.4 is 0 Å². The van der Waals surface area contributed by atoms with E-state index in [4.69, 9.17) is 0 Å². The van der Waals surface area contributed by atoms with Gasteiger partial charge in [-0.05, 0) is 54.7 Å². The van der Waals surface area contributed by atoms with Crippen molar-refractivity contribution in [2.24, 2.45) is 0 Å². The van der Waals surface area contributed by atoms with E-state index in [0.717, 1.165) is 28.5 Å². The lowest BCUT2D eigenvalue weighted by atomic mass is 9.91. The van der Waals surface area contributed by atoms with E-state index in [9.17, 15) is 4.79 Å². The van der Waals surface area contributed by atoms with Crippen LogP contribution >= 0.6 is 0 Å². The highest BCUT2D eigenvalue weighted by atomic mass is 16.1. The molecule has 1 heteroatoms. The van der Waals surface area contributed by atoms with Gasteiger partial charge in [-0.2, -0.15) is 0 Å². The number of carbonyl (C=O) groups is 1. The molecule has 0 unspecified atom stereocenters. The Morgan fingerprint density at radius 3 is 2.12 bits per heavy atom. The Bertz CT molecular complexity index is 553. The number of carbonyl (C=O) groups excluding carboxylic acids is 1. The molecule has 0 aliphatic rings. The molecule has 0 saturated carbocycles. The third kappa shape index (κ3) is 2.01. The first kappa shape index (κ1) is 11.6. The van der Waals surface area contributed by atoms with Crippen LogP contribution in [0, 0.1) is 20.8 Å². The molecular formula is C16H16O. The van der Waals surface area contributed by atoms with E-state index in [1.165, 1.54) is 11.1 Å². The van der Waals surface area contributed by atoms with Crippen molar-refractivity contribution >= 4 is 6.29 Å². The molecule has 2 aromatic rings. The first-order valence-corrected chi connectivity index (χ1v) is 5.76. The fourth-order valence-corrected chi connectivity index (χ4v) is 2.11. The molecule has 0 atom stereocenters. The maximum Gasteiger partial charge on any atom is 0.150 e. The Hall–Kier alpha value is -1.89. The molecular weight excluding hydrogens is 208 g/mol. The second kappa shape index (κ2) is 4.54. The van der Waals surface area contributed by atoms with Gasteiger partial charge >= 0.3 is 0 Å². The van der Waals surface area contributed by atoms with E-state index < -0.39 is 0 Å². The van der Waals surface area contributed by atoms with E-state index >= 15 is 0 Å². The first-order valence-electron chi connectivity index (χ1n) is 5.76. The summed E-state index contributed by atoms with van der Waals surface area (Å²) < 4.78 is 0. The number of hydrogen-bond donors (Lipinski definition) is 0. The predicted molar refractivity (Wildman–Crippen MR) is 71.5 cm³/mol. The molecule has 0 aromatic heterocycles. The van der Waals surface area contributed by atoms with Gasteiger partial charge in [0, 0.05) is 5.56 Å². The Balaban J connectivity index is 2.71. The molecule has 0 radical (unpaired) electrons. The normalized spacial score (nSPS) is 10.3. The lowest BCUT2D eigenvalue weighted by Gasteiger charge is -2.13. The van der Waals surface area contributed by atoms with Crippen molar-refractivity contribution in [3.05, 3.63) is 58.7 Å². The second-order valence-corrected chi connectivity index (χ2v) is 4.37. The lowest BCUT2D eigenvalue weighted by molar-refractivity contribution is 0.112. The Kier molecular flexibility index (Phi) is 3.10. The summed E-state index contributed by atoms with van der Waals surface area (Å²) in [6.07, 6.45) is 0.939. The van der Waals surface area contributed by atoms with Crippen LogP contribution in [0.2, 0.25) is 0 Å². The SMILES string of the molecule is Cc1c(C=O)cc(-c2ccccc2)c(C)c1C. The van der Waals surface area contributed by atoms with Gasteiger partial charge in [0.25, 0.3) is 0 Å². The molecule has 86 valence electrons. The molecule has 0 heterocycles. The minimum absolute atomic E-state index is 0.784. The van der Waals surface area contributed by atoms with Crippen molar-refractivity contribution in [3.8, 4) is 11.1 Å². The van der Waals surface area contributed by atoms with Crippen LogP contribution in [0.1, 0.15) is 27.0 Å². The van der Waals surface area contributed by atoms with Crippen molar-refractivity contribution in [2.75, 3.05) is 0 Å². The maximum atomic E-state index is 11.1. The van der Waals surface area contributed by atoms with Gasteiger partial charge in [0.1, 0.15) is 6.29 Å². The zero-order valence-electron chi connectivity index (χ0n) is 10.4. The highest BCUT2D eigenvalue weighted by Gasteiger charge is 2.10. The van der Waals surface area contributed by atoms with Crippen LogP contribution in [0.4, 0.5) is 0 Å². The van der Waals surface area contributed by atoms with Gasteiger partial charge in [0.15, 0.2) is 0 Å². The molecule has 2 rings (SSSR count). The summed E-state index contributed by atoms with van der Waals surface area (Å²) >= 11 is 0. The van der Waals surface area contributed by atoms with E-state index in [2.05, 4.69) is 26.0 Å². The standard InChI is InChI=1S/C16H16O/c1-11-12(2)15(10-17)9-16(13(11)3)14-7-5-4-6-8-14/h4-10H,1-3H3. The highest BCUT2D eigenvalue weighted by molar-refractivity contribution is 5.83. The van der Waals surface area contributed by atoms with Crippen LogP contribution in [-0.2, 0) is 0 Å². The quantitative estimate of drug-likeness (QED) is 0.702. The number of rotatable bonds is 2. The van der Waals surface area contributed by atoms with Crippen LogP contribution in [0.5, 0.6) is 0 Å². The summed E-state index contributed by atoms with van der Waals surface area (Å²) in [5, 5.41) is 0. The van der Waals surface area contributed by atoms with Crippen LogP contribution in [0.25, 0.3) is 11.1 Å². The summed E-state index contributed by atoms with van der Waals surface area (Å²) in [4.78, 5) is 11.1. The van der Waals surface area contributed by atoms with Gasteiger partial charge in [-0.15, -0.1) is 0 Å². The van der Waals surface area contributed by atoms with Gasteiger partial charge in [-0.25, -0.2) is 0 Å².